The van der Waals surface area contributed by atoms with Crippen LogP contribution in [0.15, 0.2) is 24.3 Å². The monoisotopic (exact) mass is 290 g/mol. The molecule has 3 nitrogen and oxygen atoms in total. The molecule has 3 heteroatoms. The number of benzene rings is 1. The van der Waals surface area contributed by atoms with E-state index in [-0.39, 0.29) is 6.10 Å². The first-order chi connectivity index (χ1) is 10.2. The van der Waals surface area contributed by atoms with Gasteiger partial charge in [-0.05, 0) is 39.8 Å². The number of nitrogens with zero attached hydrogens (tertiary/aromatic N) is 1. The molecule has 0 atom stereocenters. The lowest BCUT2D eigenvalue weighted by Crippen LogP contribution is -2.35. The number of ether oxygens (including phenoxy) is 1. The highest BCUT2D eigenvalue weighted by atomic mass is 16.5. The molecular formula is C18H30N2O. The second-order valence-corrected chi connectivity index (χ2v) is 6.37. The first kappa shape index (κ1) is 16.3. The fourth-order valence-electron chi connectivity index (χ4n) is 3.02. The molecule has 0 spiro atoms. The minimum Gasteiger partial charge on any atom is -0.491 e. The van der Waals surface area contributed by atoms with E-state index in [1.807, 2.05) is 6.07 Å². The summed E-state index contributed by atoms with van der Waals surface area (Å²) in [5, 5.41) is 3.55. The minimum atomic E-state index is 0.222. The van der Waals surface area contributed by atoms with E-state index in [9.17, 15) is 0 Å². The van der Waals surface area contributed by atoms with Crippen LogP contribution in [-0.4, -0.2) is 37.2 Å². The quantitative estimate of drug-likeness (QED) is 0.742. The van der Waals surface area contributed by atoms with Gasteiger partial charge in [0, 0.05) is 31.2 Å². The highest BCUT2D eigenvalue weighted by molar-refractivity contribution is 5.33. The normalized spacial score (nSPS) is 16.0. The molecule has 0 aromatic heterocycles. The third kappa shape index (κ3) is 5.33. The van der Waals surface area contributed by atoms with E-state index in [4.69, 9.17) is 4.74 Å². The number of hydrogen-bond donors (Lipinski definition) is 1. The molecule has 1 aliphatic rings. The predicted octanol–water partition coefficient (Wildman–Crippen LogP) is 3.44. The summed E-state index contributed by atoms with van der Waals surface area (Å²) in [5.41, 5.74) is 1.25. The van der Waals surface area contributed by atoms with E-state index in [2.05, 4.69) is 49.3 Å². The van der Waals surface area contributed by atoms with Crippen LogP contribution in [-0.2, 0) is 6.54 Å². The van der Waals surface area contributed by atoms with Gasteiger partial charge in [-0.25, -0.2) is 0 Å². The van der Waals surface area contributed by atoms with Crippen molar-refractivity contribution in [3.63, 3.8) is 0 Å². The van der Waals surface area contributed by atoms with Crippen LogP contribution in [0.1, 0.15) is 45.1 Å². The van der Waals surface area contributed by atoms with Crippen LogP contribution in [0.25, 0.3) is 0 Å². The van der Waals surface area contributed by atoms with Crippen LogP contribution < -0.4 is 10.1 Å². The molecule has 0 heterocycles. The Bertz CT molecular complexity index is 413. The zero-order chi connectivity index (χ0) is 15.1. The van der Waals surface area contributed by atoms with Gasteiger partial charge in [0.05, 0.1) is 6.10 Å². The van der Waals surface area contributed by atoms with Crippen molar-refractivity contribution in [2.45, 2.75) is 58.2 Å². The molecule has 1 aromatic carbocycles. The van der Waals surface area contributed by atoms with Crippen molar-refractivity contribution in [1.29, 1.82) is 0 Å². The second-order valence-electron chi connectivity index (χ2n) is 6.37. The van der Waals surface area contributed by atoms with E-state index in [0.29, 0.717) is 0 Å². The Morgan fingerprint density at radius 2 is 1.95 bits per heavy atom. The zero-order valence-electron chi connectivity index (χ0n) is 13.8. The average molecular weight is 290 g/mol. The molecular weight excluding hydrogens is 260 g/mol. The Morgan fingerprint density at radius 3 is 2.67 bits per heavy atom. The molecule has 1 fully saturated rings. The predicted molar refractivity (Wildman–Crippen MR) is 88.8 cm³/mol. The number of para-hydroxylation sites is 1. The molecule has 0 radical (unpaired) electrons. The molecule has 2 rings (SSSR count). The SMILES string of the molecule is CC(C)Oc1ccccc1CNCCN(C)C1CCCC1. The van der Waals surface area contributed by atoms with Gasteiger partial charge in [0.15, 0.2) is 0 Å². The van der Waals surface area contributed by atoms with Crippen molar-refractivity contribution in [2.24, 2.45) is 0 Å². The maximum atomic E-state index is 5.85. The summed E-state index contributed by atoms with van der Waals surface area (Å²) >= 11 is 0. The maximum Gasteiger partial charge on any atom is 0.124 e. The van der Waals surface area contributed by atoms with E-state index >= 15 is 0 Å². The van der Waals surface area contributed by atoms with E-state index < -0.39 is 0 Å². The highest BCUT2D eigenvalue weighted by Crippen LogP contribution is 2.22. The fourth-order valence-corrected chi connectivity index (χ4v) is 3.02. The molecule has 0 saturated heterocycles. The molecule has 1 saturated carbocycles. The van der Waals surface area contributed by atoms with Crippen molar-refractivity contribution in [3.8, 4) is 5.75 Å². The largest absolute Gasteiger partial charge is 0.491 e. The third-order valence-electron chi connectivity index (χ3n) is 4.24. The standard InChI is InChI=1S/C18H30N2O/c1-15(2)21-18-11-7-4-8-16(18)14-19-12-13-20(3)17-9-5-6-10-17/h4,7-8,11,15,17,19H,5-6,9-10,12-14H2,1-3H3. The van der Waals surface area contributed by atoms with E-state index in [0.717, 1.165) is 31.4 Å². The zero-order valence-corrected chi connectivity index (χ0v) is 13.8. The van der Waals surface area contributed by atoms with Crippen LogP contribution in [0.4, 0.5) is 0 Å². The number of likely N-dealkylation sites (N-methyl/N-ethyl adjacent to an activating group) is 1. The van der Waals surface area contributed by atoms with Crippen molar-refractivity contribution < 1.29 is 4.74 Å². The molecule has 0 amide bonds. The van der Waals surface area contributed by atoms with Gasteiger partial charge in [0.2, 0.25) is 0 Å². The summed E-state index contributed by atoms with van der Waals surface area (Å²) in [6.45, 7) is 7.17. The summed E-state index contributed by atoms with van der Waals surface area (Å²) in [6, 6.07) is 9.13. The van der Waals surface area contributed by atoms with E-state index in [1.165, 1.54) is 31.2 Å². The van der Waals surface area contributed by atoms with Gasteiger partial charge in [0.25, 0.3) is 0 Å². The highest BCUT2D eigenvalue weighted by Gasteiger charge is 2.18. The Kier molecular flexibility index (Phi) is 6.52. The smallest absolute Gasteiger partial charge is 0.124 e. The molecule has 118 valence electrons. The average Bonchev–Trinajstić information content (AvgIpc) is 2.98. The summed E-state index contributed by atoms with van der Waals surface area (Å²) < 4.78 is 5.85. The van der Waals surface area contributed by atoms with Crippen molar-refractivity contribution in [2.75, 3.05) is 20.1 Å². The fraction of sp³-hybridized carbons (Fsp3) is 0.667. The molecule has 1 N–H and O–H groups in total. The number of hydrogen-bond acceptors (Lipinski definition) is 3. The lowest BCUT2D eigenvalue weighted by atomic mass is 10.2. The molecule has 1 aliphatic carbocycles. The summed E-state index contributed by atoms with van der Waals surface area (Å²) in [7, 11) is 2.26. The van der Waals surface area contributed by atoms with Gasteiger partial charge in [0.1, 0.15) is 5.75 Å². The minimum absolute atomic E-state index is 0.222. The molecule has 0 aliphatic heterocycles. The first-order valence-electron chi connectivity index (χ1n) is 8.32. The van der Waals surface area contributed by atoms with Crippen molar-refractivity contribution in [3.05, 3.63) is 29.8 Å². The summed E-state index contributed by atoms with van der Waals surface area (Å²) in [5.74, 6) is 1.00. The Labute approximate surface area is 129 Å². The molecule has 0 bridgehead atoms. The second kappa shape index (κ2) is 8.40. The summed E-state index contributed by atoms with van der Waals surface area (Å²) in [6.07, 6.45) is 5.79. The van der Waals surface area contributed by atoms with Crippen LogP contribution in [0.2, 0.25) is 0 Å². The van der Waals surface area contributed by atoms with Gasteiger partial charge in [-0.15, -0.1) is 0 Å². The maximum absolute atomic E-state index is 5.85. The lowest BCUT2D eigenvalue weighted by Gasteiger charge is -2.24. The van der Waals surface area contributed by atoms with Gasteiger partial charge < -0.3 is 15.0 Å². The topological polar surface area (TPSA) is 24.5 Å². The van der Waals surface area contributed by atoms with Crippen LogP contribution in [0.5, 0.6) is 5.75 Å². The molecule has 0 unspecified atom stereocenters. The number of rotatable bonds is 8. The van der Waals surface area contributed by atoms with Gasteiger partial charge in [-0.3, -0.25) is 0 Å². The Balaban J connectivity index is 1.73. The van der Waals surface area contributed by atoms with Crippen molar-refractivity contribution >= 4 is 0 Å². The summed E-state index contributed by atoms with van der Waals surface area (Å²) in [4.78, 5) is 2.51. The first-order valence-corrected chi connectivity index (χ1v) is 8.32. The molecule has 1 aromatic rings. The number of nitrogens with one attached hydrogen (secondary N) is 1. The van der Waals surface area contributed by atoms with Crippen molar-refractivity contribution in [1.82, 2.24) is 10.2 Å². The van der Waals surface area contributed by atoms with E-state index in [1.54, 1.807) is 0 Å². The van der Waals surface area contributed by atoms with Gasteiger partial charge >= 0.3 is 0 Å². The molecule has 21 heavy (non-hydrogen) atoms. The lowest BCUT2D eigenvalue weighted by molar-refractivity contribution is 0.237. The van der Waals surface area contributed by atoms with Crippen LogP contribution in [0, 0.1) is 0 Å². The third-order valence-corrected chi connectivity index (χ3v) is 4.24. The Morgan fingerprint density at radius 1 is 1.24 bits per heavy atom. The van der Waals surface area contributed by atoms with Gasteiger partial charge in [-0.1, -0.05) is 31.0 Å². The van der Waals surface area contributed by atoms with Crippen LogP contribution >= 0.6 is 0 Å². The van der Waals surface area contributed by atoms with Crippen LogP contribution in [0.3, 0.4) is 0 Å². The Hall–Kier alpha value is -1.06. The van der Waals surface area contributed by atoms with Gasteiger partial charge in [-0.2, -0.15) is 0 Å².